The van der Waals surface area contributed by atoms with Crippen molar-refractivity contribution in [2.75, 3.05) is 31.1 Å². The van der Waals surface area contributed by atoms with Crippen molar-refractivity contribution in [3.8, 4) is 0 Å². The number of nitrogens with zero attached hydrogens (tertiary/aromatic N) is 4. The molecule has 0 spiro atoms. The van der Waals surface area contributed by atoms with E-state index in [0.29, 0.717) is 0 Å². The van der Waals surface area contributed by atoms with Crippen molar-refractivity contribution in [2.45, 2.75) is 32.4 Å². The van der Waals surface area contributed by atoms with E-state index in [1.54, 1.807) is 12.5 Å². The van der Waals surface area contributed by atoms with Crippen LogP contribution in [0.2, 0.25) is 0 Å². The molecule has 1 aromatic heterocycles. The fraction of sp³-hybridized carbons (Fsp3) is 0.667. The first-order valence-electron chi connectivity index (χ1n) is 8.02. The van der Waals surface area contributed by atoms with Crippen LogP contribution in [0.1, 0.15) is 13.8 Å². The highest BCUT2D eigenvalue weighted by Crippen LogP contribution is 2.18. The second kappa shape index (κ2) is 6.76. The van der Waals surface area contributed by atoms with Crippen LogP contribution >= 0.6 is 0 Å². The van der Waals surface area contributed by atoms with Crippen molar-refractivity contribution in [3.05, 3.63) is 18.6 Å². The topological polar surface area (TPSA) is 73.4 Å². The minimum absolute atomic E-state index is 0.0563. The van der Waals surface area contributed by atoms with E-state index in [0.717, 1.165) is 32.0 Å². The lowest BCUT2D eigenvalue weighted by Gasteiger charge is -2.44. The number of alkyl halides is 1. The molecule has 2 aliphatic heterocycles. The Hall–Kier alpha value is -1.80. The molecule has 3 atom stereocenters. The summed E-state index contributed by atoms with van der Waals surface area (Å²) in [6.07, 6.45) is 1.47. The second-order valence-electron chi connectivity index (χ2n) is 6.34. The van der Waals surface area contributed by atoms with E-state index in [4.69, 9.17) is 0 Å². The number of hydrogen-bond donors (Lipinski definition) is 2. The number of anilines is 1. The Bertz CT molecular complexity index is 534. The van der Waals surface area contributed by atoms with E-state index in [9.17, 15) is 9.18 Å². The molecule has 23 heavy (non-hydrogen) atoms. The zero-order chi connectivity index (χ0) is 16.4. The van der Waals surface area contributed by atoms with Gasteiger partial charge in [0, 0.05) is 32.4 Å². The average Bonchev–Trinajstić information content (AvgIpc) is 2.58. The number of rotatable bonds is 3. The SMILES string of the molecule is CC(C)C1NC(N2CCN(c3ccncn3)CC2)NC(=O)C1F. The number of carbonyl (C=O) groups excluding carboxylic acids is 1. The van der Waals surface area contributed by atoms with E-state index in [1.807, 2.05) is 19.9 Å². The van der Waals surface area contributed by atoms with E-state index in [2.05, 4.69) is 30.4 Å². The van der Waals surface area contributed by atoms with Gasteiger partial charge < -0.3 is 10.2 Å². The number of aromatic nitrogens is 2. The van der Waals surface area contributed by atoms with Gasteiger partial charge in [-0.25, -0.2) is 14.4 Å². The Morgan fingerprint density at radius 1 is 1.30 bits per heavy atom. The Kier molecular flexibility index (Phi) is 4.72. The molecule has 0 saturated carbocycles. The molecule has 126 valence electrons. The third kappa shape index (κ3) is 3.42. The highest BCUT2D eigenvalue weighted by atomic mass is 19.1. The maximum absolute atomic E-state index is 14.0. The van der Waals surface area contributed by atoms with Crippen molar-refractivity contribution >= 4 is 11.7 Å². The zero-order valence-electron chi connectivity index (χ0n) is 13.4. The van der Waals surface area contributed by atoms with Crippen LogP contribution < -0.4 is 15.5 Å². The van der Waals surface area contributed by atoms with Crippen molar-refractivity contribution < 1.29 is 9.18 Å². The number of nitrogens with one attached hydrogen (secondary N) is 2. The van der Waals surface area contributed by atoms with Crippen LogP contribution in [0.25, 0.3) is 0 Å². The number of carbonyl (C=O) groups is 1. The van der Waals surface area contributed by atoms with Crippen LogP contribution in [-0.4, -0.2) is 65.5 Å². The van der Waals surface area contributed by atoms with Crippen molar-refractivity contribution in [2.24, 2.45) is 5.92 Å². The lowest BCUT2D eigenvalue weighted by Crippen LogP contribution is -2.71. The van der Waals surface area contributed by atoms with Gasteiger partial charge in [0.1, 0.15) is 18.4 Å². The van der Waals surface area contributed by atoms with Gasteiger partial charge in [-0.1, -0.05) is 13.8 Å². The van der Waals surface area contributed by atoms with Crippen LogP contribution in [0.3, 0.4) is 0 Å². The van der Waals surface area contributed by atoms with Gasteiger partial charge in [0.15, 0.2) is 6.17 Å². The summed E-state index contributed by atoms with van der Waals surface area (Å²) in [5, 5.41) is 5.96. The molecule has 2 fully saturated rings. The van der Waals surface area contributed by atoms with Gasteiger partial charge in [-0.3, -0.25) is 15.0 Å². The summed E-state index contributed by atoms with van der Waals surface area (Å²) in [6, 6.07) is 1.44. The Balaban J connectivity index is 1.60. The summed E-state index contributed by atoms with van der Waals surface area (Å²) < 4.78 is 14.0. The lowest BCUT2D eigenvalue weighted by molar-refractivity contribution is -0.134. The molecule has 2 N–H and O–H groups in total. The zero-order valence-corrected chi connectivity index (χ0v) is 13.4. The van der Waals surface area contributed by atoms with Crippen molar-refractivity contribution in [1.82, 2.24) is 25.5 Å². The predicted octanol–water partition coefficient (Wildman–Crippen LogP) is -0.0357. The van der Waals surface area contributed by atoms with Crippen molar-refractivity contribution in [1.29, 1.82) is 0 Å². The molecule has 3 unspecified atom stereocenters. The summed E-state index contributed by atoms with van der Waals surface area (Å²) in [4.78, 5) is 24.4. The molecule has 2 saturated heterocycles. The minimum Gasteiger partial charge on any atom is -0.354 e. The number of halogens is 1. The standard InChI is InChI=1S/C15H23FN6O/c1-10(2)13-12(16)14(23)20-15(19-13)22-7-5-21(6-8-22)11-3-4-17-9-18-11/h3-4,9-10,12-13,15,19H,5-8H2,1-2H3,(H,20,23). The largest absolute Gasteiger partial charge is 0.354 e. The predicted molar refractivity (Wildman–Crippen MR) is 84.4 cm³/mol. The fourth-order valence-electron chi connectivity index (χ4n) is 3.09. The van der Waals surface area contributed by atoms with E-state index in [-0.39, 0.29) is 12.2 Å². The summed E-state index contributed by atoms with van der Waals surface area (Å²) in [6.45, 7) is 6.99. The number of piperazine rings is 1. The van der Waals surface area contributed by atoms with Crippen molar-refractivity contribution in [3.63, 3.8) is 0 Å². The average molecular weight is 322 g/mol. The van der Waals surface area contributed by atoms with Gasteiger partial charge in [0.25, 0.3) is 5.91 Å². The second-order valence-corrected chi connectivity index (χ2v) is 6.34. The molecule has 0 bridgehead atoms. The van der Waals surface area contributed by atoms with Gasteiger partial charge >= 0.3 is 0 Å². The third-order valence-corrected chi connectivity index (χ3v) is 4.48. The minimum atomic E-state index is -1.49. The first-order valence-corrected chi connectivity index (χ1v) is 8.02. The van der Waals surface area contributed by atoms with Crippen LogP contribution in [-0.2, 0) is 4.79 Å². The molecular weight excluding hydrogens is 299 g/mol. The van der Waals surface area contributed by atoms with Crippen LogP contribution in [0, 0.1) is 5.92 Å². The van der Waals surface area contributed by atoms with Crippen LogP contribution in [0.15, 0.2) is 18.6 Å². The molecule has 1 aromatic rings. The van der Waals surface area contributed by atoms with Gasteiger partial charge in [-0.05, 0) is 12.0 Å². The molecule has 1 amide bonds. The maximum atomic E-state index is 14.0. The number of hydrogen-bond acceptors (Lipinski definition) is 6. The molecule has 0 aromatic carbocycles. The van der Waals surface area contributed by atoms with Crippen LogP contribution in [0.4, 0.5) is 10.2 Å². The normalized spacial score (nSPS) is 29.7. The molecule has 8 heteroatoms. The smallest absolute Gasteiger partial charge is 0.258 e. The van der Waals surface area contributed by atoms with E-state index in [1.165, 1.54) is 0 Å². The fourth-order valence-corrected chi connectivity index (χ4v) is 3.09. The summed E-state index contributed by atoms with van der Waals surface area (Å²) >= 11 is 0. The quantitative estimate of drug-likeness (QED) is 0.814. The number of amides is 1. The maximum Gasteiger partial charge on any atom is 0.258 e. The highest BCUT2D eigenvalue weighted by Gasteiger charge is 2.40. The first-order chi connectivity index (χ1) is 11.1. The molecule has 2 aliphatic rings. The van der Waals surface area contributed by atoms with Gasteiger partial charge in [-0.2, -0.15) is 0 Å². The lowest BCUT2D eigenvalue weighted by atomic mass is 9.97. The summed E-state index contributed by atoms with van der Waals surface area (Å²) in [5.41, 5.74) is 0. The third-order valence-electron chi connectivity index (χ3n) is 4.48. The molecular formula is C15H23FN6O. The van der Waals surface area contributed by atoms with Gasteiger partial charge in [-0.15, -0.1) is 0 Å². The molecule has 3 heterocycles. The van der Waals surface area contributed by atoms with Crippen LogP contribution in [0.5, 0.6) is 0 Å². The van der Waals surface area contributed by atoms with E-state index < -0.39 is 18.1 Å². The molecule has 3 rings (SSSR count). The molecule has 0 radical (unpaired) electrons. The summed E-state index contributed by atoms with van der Waals surface area (Å²) in [7, 11) is 0. The van der Waals surface area contributed by atoms with Gasteiger partial charge in [0.2, 0.25) is 0 Å². The van der Waals surface area contributed by atoms with E-state index >= 15 is 0 Å². The summed E-state index contributed by atoms with van der Waals surface area (Å²) in [5.74, 6) is 0.440. The monoisotopic (exact) mass is 322 g/mol. The first kappa shape index (κ1) is 16.1. The highest BCUT2D eigenvalue weighted by molar-refractivity contribution is 5.82. The Morgan fingerprint density at radius 3 is 2.65 bits per heavy atom. The Labute approximate surface area is 135 Å². The van der Waals surface area contributed by atoms with Gasteiger partial charge in [0.05, 0.1) is 6.04 Å². The molecule has 7 nitrogen and oxygen atoms in total. The Morgan fingerprint density at radius 2 is 2.04 bits per heavy atom. The molecule has 0 aliphatic carbocycles.